The Morgan fingerprint density at radius 2 is 2.14 bits per heavy atom. The van der Waals surface area contributed by atoms with E-state index in [1.165, 1.54) is 11.1 Å². The molecule has 1 aromatic rings. The number of hydrogen-bond donors (Lipinski definition) is 1. The van der Waals surface area contributed by atoms with Gasteiger partial charge in [0, 0.05) is 12.5 Å². The van der Waals surface area contributed by atoms with Crippen molar-refractivity contribution < 1.29 is 14.3 Å². The van der Waals surface area contributed by atoms with E-state index in [0.29, 0.717) is 13.0 Å². The Bertz CT molecular complexity index is 513. The molecular formula is C17H25NO3. The fourth-order valence-electron chi connectivity index (χ4n) is 3.08. The zero-order chi connectivity index (χ0) is 15.5. The molecule has 2 rings (SSSR count). The maximum absolute atomic E-state index is 12.5. The predicted molar refractivity (Wildman–Crippen MR) is 82.7 cm³/mol. The van der Waals surface area contributed by atoms with Crippen LogP contribution in [0.2, 0.25) is 0 Å². The van der Waals surface area contributed by atoms with Gasteiger partial charge < -0.3 is 9.47 Å². The molecule has 1 N–H and O–H groups in total. The van der Waals surface area contributed by atoms with E-state index >= 15 is 0 Å². The molecule has 1 aromatic carbocycles. The molecule has 0 saturated carbocycles. The van der Waals surface area contributed by atoms with Gasteiger partial charge in [-0.3, -0.25) is 10.1 Å². The smallest absolute Gasteiger partial charge is 0.326 e. The van der Waals surface area contributed by atoms with Gasteiger partial charge in [-0.2, -0.15) is 0 Å². The van der Waals surface area contributed by atoms with Gasteiger partial charge in [-0.25, -0.2) is 0 Å². The lowest BCUT2D eigenvalue weighted by atomic mass is 9.77. The lowest BCUT2D eigenvalue weighted by Gasteiger charge is -2.38. The highest BCUT2D eigenvalue weighted by atomic mass is 16.5. The highest BCUT2D eigenvalue weighted by molar-refractivity contribution is 5.82. The van der Waals surface area contributed by atoms with Crippen LogP contribution in [-0.4, -0.2) is 31.3 Å². The first-order valence-electron chi connectivity index (χ1n) is 7.61. The molecule has 0 spiro atoms. The van der Waals surface area contributed by atoms with Crippen molar-refractivity contribution in [1.29, 1.82) is 0 Å². The molecule has 0 radical (unpaired) electrons. The molecule has 21 heavy (non-hydrogen) atoms. The molecule has 0 aliphatic heterocycles. The van der Waals surface area contributed by atoms with Crippen LogP contribution >= 0.6 is 0 Å². The third-order valence-electron chi connectivity index (χ3n) is 3.96. The SMILES string of the molecule is CCOC(=O)C1(NC(C)C)CCc2ccc(OC)cc2C1. The summed E-state index contributed by atoms with van der Waals surface area (Å²) in [5.74, 6) is 0.685. The number of methoxy groups -OCH3 is 1. The fraction of sp³-hybridized carbons (Fsp3) is 0.588. The summed E-state index contributed by atoms with van der Waals surface area (Å²) >= 11 is 0. The van der Waals surface area contributed by atoms with Crippen LogP contribution in [0.15, 0.2) is 18.2 Å². The summed E-state index contributed by atoms with van der Waals surface area (Å²) in [6.45, 7) is 6.37. The normalized spacial score (nSPS) is 21.0. The number of benzene rings is 1. The van der Waals surface area contributed by atoms with Crippen LogP contribution in [0.4, 0.5) is 0 Å². The largest absolute Gasteiger partial charge is 0.497 e. The summed E-state index contributed by atoms with van der Waals surface area (Å²) in [6.07, 6.45) is 2.29. The van der Waals surface area contributed by atoms with E-state index < -0.39 is 5.54 Å². The number of hydrogen-bond acceptors (Lipinski definition) is 4. The molecule has 0 bridgehead atoms. The van der Waals surface area contributed by atoms with E-state index in [0.717, 1.165) is 18.6 Å². The van der Waals surface area contributed by atoms with Gasteiger partial charge in [-0.15, -0.1) is 0 Å². The average Bonchev–Trinajstić information content (AvgIpc) is 2.46. The summed E-state index contributed by atoms with van der Waals surface area (Å²) in [7, 11) is 1.66. The van der Waals surface area contributed by atoms with Crippen molar-refractivity contribution in [1.82, 2.24) is 5.32 Å². The van der Waals surface area contributed by atoms with Gasteiger partial charge >= 0.3 is 5.97 Å². The summed E-state index contributed by atoms with van der Waals surface area (Å²) < 4.78 is 10.6. The Labute approximate surface area is 126 Å². The van der Waals surface area contributed by atoms with Gasteiger partial charge in [-0.1, -0.05) is 6.07 Å². The minimum atomic E-state index is -0.621. The second-order valence-electron chi connectivity index (χ2n) is 5.91. The maximum Gasteiger partial charge on any atom is 0.326 e. The molecule has 4 nitrogen and oxygen atoms in total. The van der Waals surface area contributed by atoms with Crippen molar-refractivity contribution in [3.8, 4) is 5.75 Å². The molecule has 1 aliphatic rings. The van der Waals surface area contributed by atoms with Crippen LogP contribution in [-0.2, 0) is 22.4 Å². The Hall–Kier alpha value is -1.55. The van der Waals surface area contributed by atoms with Crippen molar-refractivity contribution in [2.75, 3.05) is 13.7 Å². The molecule has 116 valence electrons. The molecule has 1 aliphatic carbocycles. The van der Waals surface area contributed by atoms with Gasteiger partial charge in [0.25, 0.3) is 0 Å². The Morgan fingerprint density at radius 1 is 1.38 bits per heavy atom. The van der Waals surface area contributed by atoms with E-state index in [4.69, 9.17) is 9.47 Å². The quantitative estimate of drug-likeness (QED) is 0.847. The topological polar surface area (TPSA) is 47.6 Å². The predicted octanol–water partition coefficient (Wildman–Crippen LogP) is 2.48. The first-order valence-corrected chi connectivity index (χ1v) is 7.61. The van der Waals surface area contributed by atoms with Crippen LogP contribution in [0.25, 0.3) is 0 Å². The highest BCUT2D eigenvalue weighted by Crippen LogP contribution is 2.32. The standard InChI is InChI=1S/C17H25NO3/c1-5-21-16(19)17(18-12(2)3)9-8-13-6-7-15(20-4)10-14(13)11-17/h6-7,10,12,18H,5,8-9,11H2,1-4H3. The summed E-state index contributed by atoms with van der Waals surface area (Å²) in [5.41, 5.74) is 1.84. The van der Waals surface area contributed by atoms with E-state index in [-0.39, 0.29) is 12.0 Å². The minimum absolute atomic E-state index is 0.146. The zero-order valence-corrected chi connectivity index (χ0v) is 13.4. The molecule has 0 fully saturated rings. The van der Waals surface area contributed by atoms with Crippen molar-refractivity contribution in [3.05, 3.63) is 29.3 Å². The first kappa shape index (κ1) is 15.8. The van der Waals surface area contributed by atoms with Gasteiger partial charge in [0.05, 0.1) is 13.7 Å². The van der Waals surface area contributed by atoms with Crippen molar-refractivity contribution in [2.24, 2.45) is 0 Å². The number of carbonyl (C=O) groups is 1. The van der Waals surface area contributed by atoms with Gasteiger partial charge in [-0.05, 0) is 56.9 Å². The lowest BCUT2D eigenvalue weighted by Crippen LogP contribution is -2.58. The Morgan fingerprint density at radius 3 is 2.76 bits per heavy atom. The summed E-state index contributed by atoms with van der Waals surface area (Å²) in [5, 5.41) is 3.44. The number of carbonyl (C=O) groups excluding carboxylic acids is 1. The molecule has 4 heteroatoms. The van der Waals surface area contributed by atoms with Gasteiger partial charge in [0.2, 0.25) is 0 Å². The number of rotatable bonds is 5. The van der Waals surface area contributed by atoms with Crippen LogP contribution in [0.1, 0.15) is 38.3 Å². The Balaban J connectivity index is 2.33. The maximum atomic E-state index is 12.5. The van der Waals surface area contributed by atoms with E-state index in [1.54, 1.807) is 7.11 Å². The second kappa shape index (κ2) is 6.48. The van der Waals surface area contributed by atoms with Crippen LogP contribution in [0, 0.1) is 0 Å². The Kier molecular flexibility index (Phi) is 4.88. The van der Waals surface area contributed by atoms with Crippen LogP contribution in [0.3, 0.4) is 0 Å². The van der Waals surface area contributed by atoms with Crippen molar-refractivity contribution in [2.45, 2.75) is 51.6 Å². The minimum Gasteiger partial charge on any atom is -0.497 e. The van der Waals surface area contributed by atoms with Crippen LogP contribution in [0.5, 0.6) is 5.75 Å². The molecule has 0 heterocycles. The van der Waals surface area contributed by atoms with Gasteiger partial charge in [0.15, 0.2) is 0 Å². The van der Waals surface area contributed by atoms with Crippen LogP contribution < -0.4 is 10.1 Å². The molecule has 1 unspecified atom stereocenters. The third-order valence-corrected chi connectivity index (χ3v) is 3.96. The van der Waals surface area contributed by atoms with Gasteiger partial charge in [0.1, 0.15) is 11.3 Å². The third kappa shape index (κ3) is 3.38. The number of fused-ring (bicyclic) bond motifs is 1. The molecule has 0 aromatic heterocycles. The summed E-state index contributed by atoms with van der Waals surface area (Å²) in [6, 6.07) is 6.33. The average molecular weight is 291 g/mol. The van der Waals surface area contributed by atoms with Crippen molar-refractivity contribution >= 4 is 5.97 Å². The number of esters is 1. The fourth-order valence-corrected chi connectivity index (χ4v) is 3.08. The summed E-state index contributed by atoms with van der Waals surface area (Å²) in [4.78, 5) is 12.5. The highest BCUT2D eigenvalue weighted by Gasteiger charge is 2.43. The molecule has 0 amide bonds. The molecule has 1 atom stereocenters. The lowest BCUT2D eigenvalue weighted by molar-refractivity contribution is -0.152. The monoisotopic (exact) mass is 291 g/mol. The van der Waals surface area contributed by atoms with E-state index in [9.17, 15) is 4.79 Å². The zero-order valence-electron chi connectivity index (χ0n) is 13.4. The number of nitrogens with one attached hydrogen (secondary N) is 1. The van der Waals surface area contributed by atoms with E-state index in [2.05, 4.69) is 25.2 Å². The second-order valence-corrected chi connectivity index (χ2v) is 5.91. The molecule has 0 saturated heterocycles. The molecular weight excluding hydrogens is 266 g/mol. The number of aryl methyl sites for hydroxylation is 1. The number of ether oxygens (including phenoxy) is 2. The van der Waals surface area contributed by atoms with E-state index in [1.807, 2.05) is 19.1 Å². The van der Waals surface area contributed by atoms with Crippen molar-refractivity contribution in [3.63, 3.8) is 0 Å². The first-order chi connectivity index (χ1) is 10.0.